The number of halogens is 3. The van der Waals surface area contributed by atoms with Gasteiger partial charge in [-0.2, -0.15) is 0 Å². The van der Waals surface area contributed by atoms with Crippen molar-refractivity contribution in [1.29, 1.82) is 5.41 Å². The van der Waals surface area contributed by atoms with Gasteiger partial charge in [-0.05, 0) is 73.0 Å². The zero-order valence-corrected chi connectivity index (χ0v) is 21.0. The van der Waals surface area contributed by atoms with Crippen molar-refractivity contribution in [2.45, 2.75) is 26.4 Å². The largest absolute Gasteiger partial charge is 0.344 e. The molecule has 0 radical (unpaired) electrons. The number of aromatic nitrogens is 3. The molecule has 0 aliphatic rings. The van der Waals surface area contributed by atoms with E-state index in [9.17, 15) is 9.18 Å². The first-order valence-corrected chi connectivity index (χ1v) is 11.7. The zero-order valence-electron chi connectivity index (χ0n) is 19.4. The van der Waals surface area contributed by atoms with Gasteiger partial charge in [-0.15, -0.1) is 0 Å². The third-order valence-electron chi connectivity index (χ3n) is 5.80. The number of aryl methyl sites for hydroxylation is 2. The summed E-state index contributed by atoms with van der Waals surface area (Å²) in [6, 6.07) is 12.9. The molecule has 180 valence electrons. The van der Waals surface area contributed by atoms with E-state index in [1.165, 1.54) is 12.1 Å². The maximum atomic E-state index is 13.7. The lowest BCUT2D eigenvalue weighted by molar-refractivity contribution is 0.0935. The fourth-order valence-corrected chi connectivity index (χ4v) is 4.14. The topological polar surface area (TPSA) is 75.7 Å². The summed E-state index contributed by atoms with van der Waals surface area (Å²) >= 11 is 12.1. The zero-order chi connectivity index (χ0) is 25.3. The van der Waals surface area contributed by atoms with Crippen LogP contribution in [0, 0.1) is 18.2 Å². The second kappa shape index (κ2) is 10.1. The predicted molar refractivity (Wildman–Crippen MR) is 135 cm³/mol. The number of carbonyl (C=O) groups excluding carboxylic acids is 1. The molecule has 0 aliphatic carbocycles. The minimum atomic E-state index is -0.365. The fraction of sp³-hybridized carbons (Fsp3) is 0.192. The Morgan fingerprint density at radius 2 is 1.89 bits per heavy atom. The lowest BCUT2D eigenvalue weighted by atomic mass is 10.0. The lowest BCUT2D eigenvalue weighted by Crippen LogP contribution is -2.28. The minimum absolute atomic E-state index is 0.219. The van der Waals surface area contributed by atoms with Gasteiger partial charge in [0.1, 0.15) is 11.5 Å². The van der Waals surface area contributed by atoms with E-state index in [1.54, 1.807) is 65.8 Å². The van der Waals surface area contributed by atoms with Gasteiger partial charge in [0, 0.05) is 25.0 Å². The number of hydrogen-bond acceptors (Lipinski definition) is 3. The first kappa shape index (κ1) is 24.7. The Balaban J connectivity index is 1.71. The Labute approximate surface area is 212 Å². The maximum Gasteiger partial charge on any atom is 0.270 e. The normalized spacial score (nSPS) is 11.9. The van der Waals surface area contributed by atoms with Gasteiger partial charge in [0.2, 0.25) is 5.62 Å². The number of amides is 1. The number of nitrogens with zero attached hydrogens (tertiary/aromatic N) is 3. The van der Waals surface area contributed by atoms with E-state index in [4.69, 9.17) is 28.6 Å². The van der Waals surface area contributed by atoms with Crippen molar-refractivity contribution >= 4 is 29.1 Å². The highest BCUT2D eigenvalue weighted by Crippen LogP contribution is 2.27. The summed E-state index contributed by atoms with van der Waals surface area (Å²) < 4.78 is 17.2. The molecule has 2 N–H and O–H groups in total. The van der Waals surface area contributed by atoms with Gasteiger partial charge in [-0.1, -0.05) is 29.3 Å². The second-order valence-corrected chi connectivity index (χ2v) is 9.25. The average Bonchev–Trinajstić information content (AvgIpc) is 3.12. The molecule has 2 aromatic heterocycles. The SMILES string of the molecule is Cc1cc(F)ccc1-c1cc(Cn2ccn(C)c2=N)cc(C(=O)NC(C)c2ccc(Cl)c(Cl)c2)n1. The van der Waals surface area contributed by atoms with Crippen molar-refractivity contribution in [3.63, 3.8) is 0 Å². The van der Waals surface area contributed by atoms with E-state index >= 15 is 0 Å². The number of benzene rings is 2. The number of imidazole rings is 1. The quantitative estimate of drug-likeness (QED) is 0.350. The molecule has 1 unspecified atom stereocenters. The van der Waals surface area contributed by atoms with Gasteiger partial charge in [-0.3, -0.25) is 10.2 Å². The highest BCUT2D eigenvalue weighted by Gasteiger charge is 2.17. The Bertz CT molecular complexity index is 1480. The van der Waals surface area contributed by atoms with E-state index in [0.29, 0.717) is 33.5 Å². The van der Waals surface area contributed by atoms with Crippen LogP contribution in [0.15, 0.2) is 60.9 Å². The predicted octanol–water partition coefficient (Wildman–Crippen LogP) is 5.66. The van der Waals surface area contributed by atoms with Crippen LogP contribution in [0.2, 0.25) is 10.0 Å². The molecular weight excluding hydrogens is 488 g/mol. The van der Waals surface area contributed by atoms with Gasteiger partial charge < -0.3 is 14.5 Å². The monoisotopic (exact) mass is 511 g/mol. The molecule has 9 heteroatoms. The van der Waals surface area contributed by atoms with Crippen LogP contribution in [0.3, 0.4) is 0 Å². The van der Waals surface area contributed by atoms with Crippen LogP contribution >= 0.6 is 23.2 Å². The second-order valence-electron chi connectivity index (χ2n) is 8.43. The molecule has 0 bridgehead atoms. The molecule has 0 spiro atoms. The summed E-state index contributed by atoms with van der Waals surface area (Å²) in [5, 5.41) is 12.0. The highest BCUT2D eigenvalue weighted by atomic mass is 35.5. The number of carbonyl (C=O) groups is 1. The molecule has 0 saturated heterocycles. The highest BCUT2D eigenvalue weighted by molar-refractivity contribution is 6.42. The van der Waals surface area contributed by atoms with Gasteiger partial charge in [0.15, 0.2) is 0 Å². The van der Waals surface area contributed by atoms with Crippen molar-refractivity contribution in [2.75, 3.05) is 0 Å². The summed E-state index contributed by atoms with van der Waals surface area (Å²) in [5.74, 6) is -0.704. The molecular formula is C26H24Cl2FN5O. The Kier molecular flexibility index (Phi) is 7.10. The van der Waals surface area contributed by atoms with Crippen LogP contribution in [0.5, 0.6) is 0 Å². The molecule has 2 aromatic carbocycles. The molecule has 2 heterocycles. The molecule has 6 nitrogen and oxygen atoms in total. The summed E-state index contributed by atoms with van der Waals surface area (Å²) in [6.07, 6.45) is 3.60. The molecule has 35 heavy (non-hydrogen) atoms. The number of rotatable bonds is 6. The molecule has 1 amide bonds. The van der Waals surface area contributed by atoms with E-state index in [1.807, 2.05) is 13.0 Å². The smallest absolute Gasteiger partial charge is 0.270 e. The molecule has 4 rings (SSSR count). The summed E-state index contributed by atoms with van der Waals surface area (Å²) in [4.78, 5) is 17.8. The van der Waals surface area contributed by atoms with E-state index in [-0.39, 0.29) is 23.5 Å². The fourth-order valence-electron chi connectivity index (χ4n) is 3.83. The van der Waals surface area contributed by atoms with Crippen molar-refractivity contribution in [1.82, 2.24) is 19.4 Å². The molecule has 0 fully saturated rings. The van der Waals surface area contributed by atoms with Crippen LogP contribution < -0.4 is 10.9 Å². The van der Waals surface area contributed by atoms with E-state index in [2.05, 4.69) is 10.3 Å². The van der Waals surface area contributed by atoms with Crippen molar-refractivity contribution in [2.24, 2.45) is 7.05 Å². The maximum absolute atomic E-state index is 13.7. The van der Waals surface area contributed by atoms with Crippen molar-refractivity contribution in [3.8, 4) is 11.3 Å². The summed E-state index contributed by atoms with van der Waals surface area (Å²) in [7, 11) is 1.79. The van der Waals surface area contributed by atoms with Gasteiger partial charge in [0.05, 0.1) is 28.3 Å². The third-order valence-corrected chi connectivity index (χ3v) is 6.54. The number of hydrogen-bond donors (Lipinski definition) is 2. The first-order valence-electron chi connectivity index (χ1n) is 10.9. The molecule has 0 aliphatic heterocycles. The molecule has 0 saturated carbocycles. The molecule has 1 atom stereocenters. The van der Waals surface area contributed by atoms with Crippen molar-refractivity contribution < 1.29 is 9.18 Å². The number of nitrogens with one attached hydrogen (secondary N) is 2. The van der Waals surface area contributed by atoms with Gasteiger partial charge in [0.25, 0.3) is 5.91 Å². The standard InChI is InChI=1S/C26H24Cl2FN5O/c1-15-10-19(29)5-6-20(15)23-11-17(14-34-9-8-33(3)26(34)30)12-24(32-23)25(35)31-16(2)18-4-7-21(27)22(28)13-18/h4-13,16,30H,14H2,1-3H3,(H,31,35). The van der Waals surface area contributed by atoms with Crippen LogP contribution in [0.25, 0.3) is 11.3 Å². The van der Waals surface area contributed by atoms with Gasteiger partial charge in [-0.25, -0.2) is 9.37 Å². The van der Waals surface area contributed by atoms with E-state index < -0.39 is 0 Å². The number of pyridine rings is 1. The van der Waals surface area contributed by atoms with Gasteiger partial charge >= 0.3 is 0 Å². The van der Waals surface area contributed by atoms with Crippen LogP contribution in [-0.4, -0.2) is 20.0 Å². The average molecular weight is 512 g/mol. The van der Waals surface area contributed by atoms with Crippen LogP contribution in [0.1, 0.15) is 40.1 Å². The lowest BCUT2D eigenvalue weighted by Gasteiger charge is -2.16. The first-order chi connectivity index (χ1) is 16.6. The summed E-state index contributed by atoms with van der Waals surface area (Å²) in [5.41, 5.74) is 4.11. The molecule has 4 aromatic rings. The van der Waals surface area contributed by atoms with Crippen molar-refractivity contribution in [3.05, 3.63) is 105 Å². The minimum Gasteiger partial charge on any atom is -0.344 e. The third kappa shape index (κ3) is 5.47. The van der Waals surface area contributed by atoms with Crippen LogP contribution in [0.4, 0.5) is 4.39 Å². The Hall–Kier alpha value is -3.42. The Morgan fingerprint density at radius 3 is 2.54 bits per heavy atom. The summed E-state index contributed by atoms with van der Waals surface area (Å²) in [6.45, 7) is 4.02. The Morgan fingerprint density at radius 1 is 1.11 bits per heavy atom. The van der Waals surface area contributed by atoms with E-state index in [0.717, 1.165) is 16.7 Å². The van der Waals surface area contributed by atoms with Crippen LogP contribution in [-0.2, 0) is 13.6 Å².